The maximum Gasteiger partial charge on any atom is 0.306 e. The zero-order valence-electron chi connectivity index (χ0n) is 16.6. The molecule has 4 atom stereocenters. The fourth-order valence-corrected chi connectivity index (χ4v) is 2.18. The maximum absolute atomic E-state index is 11.9. The van der Waals surface area contributed by atoms with Gasteiger partial charge in [-0.3, -0.25) is 24.5 Å². The smallest absolute Gasteiger partial charge is 0.306 e. The van der Waals surface area contributed by atoms with E-state index in [1.165, 1.54) is 0 Å². The van der Waals surface area contributed by atoms with E-state index in [2.05, 4.69) is 0 Å². The zero-order chi connectivity index (χ0) is 21.7. The fraction of sp³-hybridized carbons (Fsp3) is 0.778. The van der Waals surface area contributed by atoms with Gasteiger partial charge in [-0.25, -0.2) is 0 Å². The molecule has 0 unspecified atom stereocenters. The van der Waals surface area contributed by atoms with Crippen LogP contribution in [0.4, 0.5) is 0 Å². The molecule has 2 amide bonds. The molecule has 0 spiro atoms. The summed E-state index contributed by atoms with van der Waals surface area (Å²) in [6.45, 7) is 4.57. The molecule has 10 nitrogen and oxygen atoms in total. The van der Waals surface area contributed by atoms with Crippen LogP contribution in [0.1, 0.15) is 59.3 Å². The van der Waals surface area contributed by atoms with E-state index in [-0.39, 0.29) is 19.3 Å². The average molecular weight is 405 g/mol. The molecule has 0 radical (unpaired) electrons. The summed E-state index contributed by atoms with van der Waals surface area (Å²) in [5.41, 5.74) is 0. The van der Waals surface area contributed by atoms with E-state index in [4.69, 9.17) is 9.47 Å². The Balaban J connectivity index is 5.13. The lowest BCUT2D eigenvalue weighted by atomic mass is 10.0. The number of carbonyl (C=O) groups is 4. The van der Waals surface area contributed by atoms with Gasteiger partial charge >= 0.3 is 11.9 Å². The highest BCUT2D eigenvalue weighted by Crippen LogP contribution is 2.13. The first-order valence-electron chi connectivity index (χ1n) is 9.40. The summed E-state index contributed by atoms with van der Waals surface area (Å²) in [6.07, 6.45) is -6.08. The van der Waals surface area contributed by atoms with Crippen LogP contribution in [0.3, 0.4) is 0 Å². The molecule has 10 heteroatoms. The third-order valence-electron chi connectivity index (χ3n) is 3.64. The topological polar surface area (TPSA) is 159 Å². The van der Waals surface area contributed by atoms with Crippen molar-refractivity contribution in [2.24, 2.45) is 0 Å². The third-order valence-corrected chi connectivity index (χ3v) is 3.64. The number of aliphatic hydroxyl groups is 3. The van der Waals surface area contributed by atoms with Gasteiger partial charge in [-0.1, -0.05) is 20.8 Å². The van der Waals surface area contributed by atoms with Gasteiger partial charge in [-0.15, -0.1) is 0 Å². The predicted molar refractivity (Wildman–Crippen MR) is 96.7 cm³/mol. The SMILES string of the molecule is CCCC(=O)NC(=O)[C@H](O)[C@@H](O)[C@H](OC(=O)CCC)[C@H](O)COC(=O)CCC. The number of amides is 2. The van der Waals surface area contributed by atoms with E-state index in [1.54, 1.807) is 20.8 Å². The third kappa shape index (κ3) is 9.77. The van der Waals surface area contributed by atoms with Crippen molar-refractivity contribution >= 4 is 23.8 Å². The molecule has 0 aromatic carbocycles. The van der Waals surface area contributed by atoms with Crippen LogP contribution >= 0.6 is 0 Å². The van der Waals surface area contributed by atoms with E-state index >= 15 is 0 Å². The number of aliphatic hydroxyl groups excluding tert-OH is 3. The van der Waals surface area contributed by atoms with Gasteiger partial charge in [-0.05, 0) is 19.3 Å². The molecule has 162 valence electrons. The van der Waals surface area contributed by atoms with Gasteiger partial charge < -0.3 is 24.8 Å². The lowest BCUT2D eigenvalue weighted by Gasteiger charge is -2.29. The van der Waals surface area contributed by atoms with Crippen LogP contribution in [0.5, 0.6) is 0 Å². The first-order chi connectivity index (χ1) is 13.2. The minimum atomic E-state index is -2.15. The van der Waals surface area contributed by atoms with Crippen LogP contribution in [-0.2, 0) is 28.7 Å². The van der Waals surface area contributed by atoms with Crippen molar-refractivity contribution in [1.82, 2.24) is 5.32 Å². The Morgan fingerprint density at radius 1 is 0.857 bits per heavy atom. The summed E-state index contributed by atoms with van der Waals surface area (Å²) < 4.78 is 9.80. The second kappa shape index (κ2) is 14.0. The molecule has 0 aliphatic carbocycles. The van der Waals surface area contributed by atoms with Crippen molar-refractivity contribution in [3.8, 4) is 0 Å². The van der Waals surface area contributed by atoms with E-state index in [1.807, 2.05) is 5.32 Å². The highest BCUT2D eigenvalue weighted by Gasteiger charge is 2.39. The highest BCUT2D eigenvalue weighted by atomic mass is 16.6. The molecule has 0 saturated heterocycles. The maximum atomic E-state index is 11.9. The molecule has 28 heavy (non-hydrogen) atoms. The Kier molecular flexibility index (Phi) is 13.0. The predicted octanol–water partition coefficient (Wildman–Crippen LogP) is -0.433. The van der Waals surface area contributed by atoms with E-state index in [0.717, 1.165) is 0 Å². The van der Waals surface area contributed by atoms with Crippen molar-refractivity contribution in [2.75, 3.05) is 6.61 Å². The van der Waals surface area contributed by atoms with Crippen LogP contribution in [0, 0.1) is 0 Å². The number of hydrogen-bond acceptors (Lipinski definition) is 9. The number of ether oxygens (including phenoxy) is 2. The Labute approximate surface area is 164 Å². The number of carbonyl (C=O) groups excluding carboxylic acids is 4. The Morgan fingerprint density at radius 3 is 1.93 bits per heavy atom. The molecule has 0 bridgehead atoms. The minimum Gasteiger partial charge on any atom is -0.463 e. The van der Waals surface area contributed by atoms with Crippen molar-refractivity contribution < 1.29 is 44.0 Å². The van der Waals surface area contributed by atoms with Gasteiger partial charge in [0, 0.05) is 19.3 Å². The number of hydrogen-bond donors (Lipinski definition) is 4. The Hall–Kier alpha value is -2.04. The number of imide groups is 1. The first kappa shape index (κ1) is 26.0. The largest absolute Gasteiger partial charge is 0.463 e. The monoisotopic (exact) mass is 405 g/mol. The van der Waals surface area contributed by atoms with Gasteiger partial charge in [0.1, 0.15) is 18.8 Å². The highest BCUT2D eigenvalue weighted by molar-refractivity contribution is 5.97. The second-order valence-electron chi connectivity index (χ2n) is 6.30. The van der Waals surface area contributed by atoms with Gasteiger partial charge in [-0.2, -0.15) is 0 Å². The van der Waals surface area contributed by atoms with Crippen LogP contribution < -0.4 is 5.32 Å². The quantitative estimate of drug-likeness (QED) is 0.298. The van der Waals surface area contributed by atoms with Crippen LogP contribution in [0.15, 0.2) is 0 Å². The van der Waals surface area contributed by atoms with Crippen molar-refractivity contribution in [1.29, 1.82) is 0 Å². The minimum absolute atomic E-state index is 0.0250. The zero-order valence-corrected chi connectivity index (χ0v) is 16.6. The lowest BCUT2D eigenvalue weighted by Crippen LogP contribution is -2.54. The normalized spacial score (nSPS) is 15.1. The molecular weight excluding hydrogens is 374 g/mol. The molecule has 0 aliphatic heterocycles. The molecule has 0 rings (SSSR count). The summed E-state index contributed by atoms with van der Waals surface area (Å²) in [6, 6.07) is 0. The standard InChI is InChI=1S/C18H31NO9/c1-4-7-12(21)19-18(26)16(25)15(24)17(28-14(23)9-6-3)11(20)10-27-13(22)8-5-2/h11,15-17,20,24-25H,4-10H2,1-3H3,(H,19,21,26)/t11-,15-,16-,17-/m1/s1. The molecule has 0 heterocycles. The molecule has 0 saturated carbocycles. The van der Waals surface area contributed by atoms with Crippen LogP contribution in [0.2, 0.25) is 0 Å². The summed E-state index contributed by atoms with van der Waals surface area (Å²) in [7, 11) is 0. The van der Waals surface area contributed by atoms with Crippen molar-refractivity contribution in [3.63, 3.8) is 0 Å². The van der Waals surface area contributed by atoms with Crippen molar-refractivity contribution in [2.45, 2.75) is 83.7 Å². The molecule has 0 aromatic heterocycles. The summed E-state index contributed by atoms with van der Waals surface area (Å²) in [5, 5.41) is 32.3. The van der Waals surface area contributed by atoms with Gasteiger partial charge in [0.05, 0.1) is 0 Å². The number of rotatable bonds is 13. The Morgan fingerprint density at radius 2 is 1.39 bits per heavy atom. The first-order valence-corrected chi connectivity index (χ1v) is 9.40. The van der Waals surface area contributed by atoms with E-state index in [9.17, 15) is 34.5 Å². The summed E-state index contributed by atoms with van der Waals surface area (Å²) in [4.78, 5) is 46.6. The van der Waals surface area contributed by atoms with Crippen molar-refractivity contribution in [3.05, 3.63) is 0 Å². The van der Waals surface area contributed by atoms with Crippen LogP contribution in [0.25, 0.3) is 0 Å². The summed E-state index contributed by atoms with van der Waals surface area (Å²) >= 11 is 0. The lowest BCUT2D eigenvalue weighted by molar-refractivity contribution is -0.181. The number of esters is 2. The van der Waals surface area contributed by atoms with Gasteiger partial charge in [0.2, 0.25) is 5.91 Å². The Bertz CT molecular complexity index is 523. The average Bonchev–Trinajstić information content (AvgIpc) is 2.63. The van der Waals surface area contributed by atoms with E-state index in [0.29, 0.717) is 19.3 Å². The second-order valence-corrected chi connectivity index (χ2v) is 6.30. The molecule has 0 fully saturated rings. The molecular formula is C18H31NO9. The molecule has 0 aliphatic rings. The van der Waals surface area contributed by atoms with Crippen LogP contribution in [-0.4, -0.2) is 70.1 Å². The fourth-order valence-electron chi connectivity index (χ4n) is 2.18. The molecule has 0 aromatic rings. The van der Waals surface area contributed by atoms with Gasteiger partial charge in [0.15, 0.2) is 12.2 Å². The van der Waals surface area contributed by atoms with E-state index < -0.39 is 54.8 Å². The summed E-state index contributed by atoms with van der Waals surface area (Å²) in [5.74, 6) is -3.22. The molecule has 4 N–H and O–H groups in total. The van der Waals surface area contributed by atoms with Gasteiger partial charge in [0.25, 0.3) is 5.91 Å². The number of nitrogens with one attached hydrogen (secondary N) is 1.